The average molecular weight is 221 g/mol. The highest BCUT2D eigenvalue weighted by Crippen LogP contribution is 2.28. The van der Waals surface area contributed by atoms with Gasteiger partial charge < -0.3 is 9.88 Å². The van der Waals surface area contributed by atoms with Crippen LogP contribution >= 0.6 is 0 Å². The topological polar surface area (TPSA) is 29.9 Å². The van der Waals surface area contributed by atoms with Crippen LogP contribution in [0, 0.1) is 5.92 Å². The highest BCUT2D eigenvalue weighted by Gasteiger charge is 2.25. The van der Waals surface area contributed by atoms with E-state index in [0.717, 1.165) is 24.9 Å². The van der Waals surface area contributed by atoms with Crippen LogP contribution in [0.3, 0.4) is 0 Å². The summed E-state index contributed by atoms with van der Waals surface area (Å²) in [5.74, 6) is 2.08. The van der Waals surface area contributed by atoms with Crippen LogP contribution in [0.15, 0.2) is 12.4 Å². The van der Waals surface area contributed by atoms with E-state index in [2.05, 4.69) is 35.0 Å². The van der Waals surface area contributed by atoms with Gasteiger partial charge >= 0.3 is 0 Å². The molecule has 0 aliphatic heterocycles. The van der Waals surface area contributed by atoms with E-state index >= 15 is 0 Å². The van der Waals surface area contributed by atoms with Gasteiger partial charge in [0.25, 0.3) is 0 Å². The van der Waals surface area contributed by atoms with Crippen LogP contribution in [0.2, 0.25) is 0 Å². The van der Waals surface area contributed by atoms with Crippen LogP contribution < -0.4 is 5.32 Å². The first kappa shape index (κ1) is 11.6. The molecule has 1 aliphatic rings. The molecule has 0 spiro atoms. The first-order valence-electron chi connectivity index (χ1n) is 6.52. The maximum atomic E-state index is 4.37. The van der Waals surface area contributed by atoms with Gasteiger partial charge in [-0.05, 0) is 32.2 Å². The summed E-state index contributed by atoms with van der Waals surface area (Å²) in [6.45, 7) is 3.30. The highest BCUT2D eigenvalue weighted by molar-refractivity contribution is 4.92. The van der Waals surface area contributed by atoms with Crippen molar-refractivity contribution in [1.82, 2.24) is 14.9 Å². The van der Waals surface area contributed by atoms with Gasteiger partial charge in [-0.15, -0.1) is 0 Å². The second-order valence-corrected chi connectivity index (χ2v) is 4.77. The molecular weight excluding hydrogens is 198 g/mol. The molecule has 1 aromatic rings. The fourth-order valence-corrected chi connectivity index (χ4v) is 2.93. The molecule has 0 bridgehead atoms. The molecular formula is C13H23N3. The molecule has 1 aromatic heterocycles. The zero-order chi connectivity index (χ0) is 11.4. The molecule has 1 N–H and O–H groups in total. The van der Waals surface area contributed by atoms with Crippen molar-refractivity contribution in [2.75, 3.05) is 7.05 Å². The largest absolute Gasteiger partial charge is 0.335 e. The SMILES string of the molecule is CCc1nccn1CCC1CCCC1NC. The summed E-state index contributed by atoms with van der Waals surface area (Å²) in [6, 6.07) is 0.744. The fraction of sp³-hybridized carbons (Fsp3) is 0.769. The summed E-state index contributed by atoms with van der Waals surface area (Å²) < 4.78 is 2.31. The predicted octanol–water partition coefficient (Wildman–Crippen LogP) is 2.22. The molecule has 1 saturated carbocycles. The standard InChI is InChI=1S/C13H23N3/c1-3-13-15-8-10-16(13)9-7-11-5-4-6-12(11)14-2/h8,10-12,14H,3-7,9H2,1-2H3. The Labute approximate surface area is 98.3 Å². The summed E-state index contributed by atoms with van der Waals surface area (Å²) in [5.41, 5.74) is 0. The molecule has 0 radical (unpaired) electrons. The third kappa shape index (κ3) is 2.46. The monoisotopic (exact) mass is 221 g/mol. The molecule has 1 fully saturated rings. The summed E-state index contributed by atoms with van der Waals surface area (Å²) in [6.07, 6.45) is 10.5. The lowest BCUT2D eigenvalue weighted by Gasteiger charge is -2.19. The van der Waals surface area contributed by atoms with Gasteiger partial charge in [0.15, 0.2) is 0 Å². The number of rotatable bonds is 5. The van der Waals surface area contributed by atoms with Gasteiger partial charge in [0.2, 0.25) is 0 Å². The minimum Gasteiger partial charge on any atom is -0.335 e. The Kier molecular flexibility index (Phi) is 3.99. The van der Waals surface area contributed by atoms with Gasteiger partial charge in [-0.25, -0.2) is 4.98 Å². The van der Waals surface area contributed by atoms with Crippen molar-refractivity contribution in [1.29, 1.82) is 0 Å². The van der Waals surface area contributed by atoms with Gasteiger partial charge in [-0.2, -0.15) is 0 Å². The van der Waals surface area contributed by atoms with E-state index in [1.54, 1.807) is 0 Å². The Morgan fingerprint density at radius 2 is 2.38 bits per heavy atom. The summed E-state index contributed by atoms with van der Waals surface area (Å²) in [5, 5.41) is 3.45. The van der Waals surface area contributed by atoms with Crippen molar-refractivity contribution in [2.24, 2.45) is 5.92 Å². The lowest BCUT2D eigenvalue weighted by atomic mass is 10.00. The molecule has 2 atom stereocenters. The minimum atomic E-state index is 0.744. The molecule has 16 heavy (non-hydrogen) atoms. The molecule has 1 heterocycles. The first-order valence-corrected chi connectivity index (χ1v) is 6.52. The third-order valence-electron chi connectivity index (χ3n) is 3.89. The van der Waals surface area contributed by atoms with Gasteiger partial charge in [0, 0.05) is 31.4 Å². The molecule has 2 rings (SSSR count). The smallest absolute Gasteiger partial charge is 0.108 e. The lowest BCUT2D eigenvalue weighted by molar-refractivity contribution is 0.375. The molecule has 3 nitrogen and oxygen atoms in total. The predicted molar refractivity (Wildman–Crippen MR) is 66.4 cm³/mol. The van der Waals surface area contributed by atoms with Crippen molar-refractivity contribution in [2.45, 2.75) is 51.6 Å². The van der Waals surface area contributed by atoms with E-state index in [1.807, 2.05) is 6.20 Å². The van der Waals surface area contributed by atoms with Crippen molar-refractivity contribution < 1.29 is 0 Å². The van der Waals surface area contributed by atoms with E-state index in [-0.39, 0.29) is 0 Å². The van der Waals surface area contributed by atoms with Gasteiger partial charge in [-0.3, -0.25) is 0 Å². The molecule has 0 saturated heterocycles. The van der Waals surface area contributed by atoms with Gasteiger partial charge in [0.1, 0.15) is 5.82 Å². The van der Waals surface area contributed by atoms with E-state index in [4.69, 9.17) is 0 Å². The summed E-state index contributed by atoms with van der Waals surface area (Å²) in [7, 11) is 2.09. The van der Waals surface area contributed by atoms with Gasteiger partial charge in [-0.1, -0.05) is 13.3 Å². The zero-order valence-electron chi connectivity index (χ0n) is 10.4. The number of aryl methyl sites for hydroxylation is 2. The van der Waals surface area contributed by atoms with Gasteiger partial charge in [0.05, 0.1) is 0 Å². The number of imidazole rings is 1. The van der Waals surface area contributed by atoms with Crippen LogP contribution in [-0.4, -0.2) is 22.6 Å². The molecule has 1 aliphatic carbocycles. The summed E-state index contributed by atoms with van der Waals surface area (Å²) in [4.78, 5) is 4.37. The van der Waals surface area contributed by atoms with Crippen LogP contribution in [0.4, 0.5) is 0 Å². The quantitative estimate of drug-likeness (QED) is 0.826. The van der Waals surface area contributed by atoms with E-state index in [0.29, 0.717) is 0 Å². The Morgan fingerprint density at radius 1 is 1.50 bits per heavy atom. The van der Waals surface area contributed by atoms with Crippen LogP contribution in [-0.2, 0) is 13.0 Å². The van der Waals surface area contributed by atoms with E-state index in [9.17, 15) is 0 Å². The zero-order valence-corrected chi connectivity index (χ0v) is 10.4. The normalized spacial score (nSPS) is 25.1. The van der Waals surface area contributed by atoms with E-state index in [1.165, 1.54) is 31.5 Å². The molecule has 3 heteroatoms. The number of aromatic nitrogens is 2. The third-order valence-corrected chi connectivity index (χ3v) is 3.89. The number of hydrogen-bond donors (Lipinski definition) is 1. The second-order valence-electron chi connectivity index (χ2n) is 4.77. The maximum absolute atomic E-state index is 4.37. The van der Waals surface area contributed by atoms with Crippen LogP contribution in [0.1, 0.15) is 38.4 Å². The van der Waals surface area contributed by atoms with Crippen molar-refractivity contribution >= 4 is 0 Å². The number of nitrogens with one attached hydrogen (secondary N) is 1. The van der Waals surface area contributed by atoms with Crippen LogP contribution in [0.5, 0.6) is 0 Å². The Bertz CT molecular complexity index is 319. The average Bonchev–Trinajstić information content (AvgIpc) is 2.94. The molecule has 90 valence electrons. The van der Waals surface area contributed by atoms with E-state index < -0.39 is 0 Å². The summed E-state index contributed by atoms with van der Waals surface area (Å²) >= 11 is 0. The molecule has 0 amide bonds. The van der Waals surface area contributed by atoms with Crippen molar-refractivity contribution in [3.63, 3.8) is 0 Å². The van der Waals surface area contributed by atoms with Crippen molar-refractivity contribution in [3.05, 3.63) is 18.2 Å². The van der Waals surface area contributed by atoms with Crippen LogP contribution in [0.25, 0.3) is 0 Å². The Balaban J connectivity index is 1.87. The first-order chi connectivity index (χ1) is 7.85. The Morgan fingerprint density at radius 3 is 3.12 bits per heavy atom. The highest BCUT2D eigenvalue weighted by atomic mass is 15.1. The maximum Gasteiger partial charge on any atom is 0.108 e. The number of nitrogens with zero attached hydrogens (tertiary/aromatic N) is 2. The minimum absolute atomic E-state index is 0.744. The second kappa shape index (κ2) is 5.48. The fourth-order valence-electron chi connectivity index (χ4n) is 2.93. The lowest BCUT2D eigenvalue weighted by Crippen LogP contribution is -2.29. The molecule has 0 aromatic carbocycles. The van der Waals surface area contributed by atoms with Crippen molar-refractivity contribution in [3.8, 4) is 0 Å². The Hall–Kier alpha value is -0.830. The molecule has 2 unspecified atom stereocenters. The number of hydrogen-bond acceptors (Lipinski definition) is 2.